The summed E-state index contributed by atoms with van der Waals surface area (Å²) in [5.74, 6) is 0.286. The minimum Gasteiger partial charge on any atom is -0.490 e. The van der Waals surface area contributed by atoms with Crippen LogP contribution in [0.3, 0.4) is 0 Å². The molecule has 1 aromatic carbocycles. The van der Waals surface area contributed by atoms with E-state index in [2.05, 4.69) is 10.6 Å². The van der Waals surface area contributed by atoms with Gasteiger partial charge in [0.15, 0.2) is 0 Å². The number of fused-ring (bicyclic) bond motifs is 2. The number of carbonyl (C=O) groups is 3. The molecule has 1 aromatic rings. The van der Waals surface area contributed by atoms with Crippen LogP contribution >= 0.6 is 0 Å². The molecule has 2 heterocycles. The van der Waals surface area contributed by atoms with E-state index in [1.807, 2.05) is 6.92 Å². The quantitative estimate of drug-likeness (QED) is 0.684. The topological polar surface area (TPSA) is 97.0 Å². The van der Waals surface area contributed by atoms with E-state index in [0.717, 1.165) is 32.1 Å². The number of ether oxygens (including phenoxy) is 2. The smallest absolute Gasteiger partial charge is 0.257 e. The van der Waals surface area contributed by atoms with Gasteiger partial charge < -0.3 is 25.0 Å². The average molecular weight is 458 g/mol. The van der Waals surface area contributed by atoms with Crippen molar-refractivity contribution in [2.45, 2.75) is 89.0 Å². The minimum absolute atomic E-state index is 0.0459. The molecule has 8 heteroatoms. The molecule has 1 saturated heterocycles. The minimum atomic E-state index is -0.297. The van der Waals surface area contributed by atoms with Crippen molar-refractivity contribution in [3.05, 3.63) is 23.8 Å². The molecule has 0 radical (unpaired) electrons. The lowest BCUT2D eigenvalue weighted by molar-refractivity contribution is -0.134. The highest BCUT2D eigenvalue weighted by Crippen LogP contribution is 2.32. The molecule has 2 N–H and O–H groups in total. The Bertz CT molecular complexity index is 883. The van der Waals surface area contributed by atoms with E-state index >= 15 is 0 Å². The fourth-order valence-electron chi connectivity index (χ4n) is 5.12. The zero-order chi connectivity index (χ0) is 23.4. The highest BCUT2D eigenvalue weighted by molar-refractivity contribution is 5.99. The normalized spacial score (nSPS) is 25.3. The molecule has 1 saturated carbocycles. The SMILES string of the molecule is CCCC(=O)Nc1ccc2c(c1)C(=O)N(C)[C@@H]1CC[C@@H](CC(=O)NC3CCCC3)O[C@@H]1CO2. The lowest BCUT2D eigenvalue weighted by Crippen LogP contribution is -2.54. The molecule has 3 aliphatic rings. The first kappa shape index (κ1) is 23.5. The van der Waals surface area contributed by atoms with Crippen molar-refractivity contribution >= 4 is 23.4 Å². The van der Waals surface area contributed by atoms with Crippen molar-refractivity contribution in [1.82, 2.24) is 10.2 Å². The molecule has 3 amide bonds. The number of hydrogen-bond acceptors (Lipinski definition) is 5. The lowest BCUT2D eigenvalue weighted by atomic mass is 9.94. The van der Waals surface area contributed by atoms with Crippen LogP contribution in [0.4, 0.5) is 5.69 Å². The first-order valence-electron chi connectivity index (χ1n) is 12.2. The first-order chi connectivity index (χ1) is 15.9. The lowest BCUT2D eigenvalue weighted by Gasteiger charge is -2.42. The van der Waals surface area contributed by atoms with Gasteiger partial charge in [-0.25, -0.2) is 0 Å². The Kier molecular flexibility index (Phi) is 7.53. The summed E-state index contributed by atoms with van der Waals surface area (Å²) >= 11 is 0. The van der Waals surface area contributed by atoms with Gasteiger partial charge in [0, 0.05) is 25.2 Å². The van der Waals surface area contributed by atoms with E-state index in [1.54, 1.807) is 30.1 Å². The zero-order valence-electron chi connectivity index (χ0n) is 19.6. The number of hydrogen-bond donors (Lipinski definition) is 2. The van der Waals surface area contributed by atoms with E-state index in [9.17, 15) is 14.4 Å². The number of rotatable bonds is 6. The third kappa shape index (κ3) is 5.66. The maximum absolute atomic E-state index is 13.3. The van der Waals surface area contributed by atoms with Gasteiger partial charge in [0.2, 0.25) is 11.8 Å². The molecule has 0 bridgehead atoms. The Labute approximate surface area is 195 Å². The number of carbonyl (C=O) groups excluding carboxylic acids is 3. The summed E-state index contributed by atoms with van der Waals surface area (Å²) in [6, 6.07) is 5.32. The predicted molar refractivity (Wildman–Crippen MR) is 124 cm³/mol. The zero-order valence-corrected chi connectivity index (χ0v) is 19.6. The number of benzene rings is 1. The number of nitrogens with zero attached hydrogens (tertiary/aromatic N) is 1. The predicted octanol–water partition coefficient (Wildman–Crippen LogP) is 3.25. The van der Waals surface area contributed by atoms with Crippen molar-refractivity contribution in [2.24, 2.45) is 0 Å². The van der Waals surface area contributed by atoms with Crippen LogP contribution in [-0.2, 0) is 14.3 Å². The monoisotopic (exact) mass is 457 g/mol. The van der Waals surface area contributed by atoms with Gasteiger partial charge in [0.25, 0.3) is 5.91 Å². The molecule has 33 heavy (non-hydrogen) atoms. The van der Waals surface area contributed by atoms with Crippen LogP contribution in [0.2, 0.25) is 0 Å². The van der Waals surface area contributed by atoms with Gasteiger partial charge in [-0.15, -0.1) is 0 Å². The highest BCUT2D eigenvalue weighted by atomic mass is 16.5. The van der Waals surface area contributed by atoms with Gasteiger partial charge in [0.1, 0.15) is 18.5 Å². The van der Waals surface area contributed by atoms with E-state index < -0.39 is 0 Å². The van der Waals surface area contributed by atoms with Crippen LogP contribution in [0.15, 0.2) is 18.2 Å². The molecule has 8 nitrogen and oxygen atoms in total. The van der Waals surface area contributed by atoms with E-state index in [0.29, 0.717) is 42.5 Å². The van der Waals surface area contributed by atoms with E-state index in [-0.39, 0.29) is 36.0 Å². The maximum atomic E-state index is 13.3. The molecule has 4 rings (SSSR count). The van der Waals surface area contributed by atoms with Crippen LogP contribution < -0.4 is 15.4 Å². The summed E-state index contributed by atoms with van der Waals surface area (Å²) in [5.41, 5.74) is 1.02. The van der Waals surface area contributed by atoms with Crippen LogP contribution in [0.5, 0.6) is 5.75 Å². The van der Waals surface area contributed by atoms with Crippen LogP contribution in [0.25, 0.3) is 0 Å². The van der Waals surface area contributed by atoms with Crippen LogP contribution in [-0.4, -0.2) is 60.6 Å². The van der Waals surface area contributed by atoms with E-state index in [4.69, 9.17) is 9.47 Å². The molecular formula is C25H35N3O5. The van der Waals surface area contributed by atoms with Gasteiger partial charge >= 0.3 is 0 Å². The van der Waals surface area contributed by atoms with E-state index in [1.165, 1.54) is 12.8 Å². The molecule has 1 aliphatic carbocycles. The standard InChI is InChI=1S/C25H35N3O5/c1-3-6-23(29)27-17-9-12-21-19(13-17)25(31)28(2)20-11-10-18(33-22(20)15-32-21)14-24(30)26-16-7-4-5-8-16/h9,12-13,16,18,20,22H,3-8,10-11,14-15H2,1-2H3,(H,26,30)(H,27,29)/t18-,20+,22+/m0/s1. The van der Waals surface area contributed by atoms with Gasteiger partial charge in [0.05, 0.1) is 24.1 Å². The molecule has 2 fully saturated rings. The van der Waals surface area contributed by atoms with Crippen LogP contribution in [0.1, 0.15) is 75.1 Å². The van der Waals surface area contributed by atoms with Crippen LogP contribution in [0, 0.1) is 0 Å². The maximum Gasteiger partial charge on any atom is 0.257 e. The molecule has 180 valence electrons. The summed E-state index contributed by atoms with van der Waals surface area (Å²) in [5, 5.41) is 5.97. The Morgan fingerprint density at radius 1 is 1.12 bits per heavy atom. The van der Waals surface area contributed by atoms with Gasteiger partial charge in [-0.2, -0.15) is 0 Å². The largest absolute Gasteiger partial charge is 0.490 e. The third-order valence-electron chi connectivity index (χ3n) is 6.91. The second-order valence-electron chi connectivity index (χ2n) is 9.43. The summed E-state index contributed by atoms with van der Waals surface area (Å²) < 4.78 is 12.3. The number of anilines is 1. The van der Waals surface area contributed by atoms with Crippen molar-refractivity contribution in [3.63, 3.8) is 0 Å². The Morgan fingerprint density at radius 2 is 1.91 bits per heavy atom. The summed E-state index contributed by atoms with van der Waals surface area (Å²) in [7, 11) is 1.79. The Balaban J connectivity index is 1.41. The highest BCUT2D eigenvalue weighted by Gasteiger charge is 2.39. The fourth-order valence-corrected chi connectivity index (χ4v) is 5.12. The second kappa shape index (κ2) is 10.5. The third-order valence-corrected chi connectivity index (χ3v) is 6.91. The molecule has 0 unspecified atom stereocenters. The molecule has 0 aromatic heterocycles. The summed E-state index contributed by atoms with van der Waals surface area (Å²) in [4.78, 5) is 39.4. The molecular weight excluding hydrogens is 422 g/mol. The number of nitrogens with one attached hydrogen (secondary N) is 2. The van der Waals surface area contributed by atoms with Crippen molar-refractivity contribution in [2.75, 3.05) is 19.0 Å². The molecule has 3 atom stereocenters. The Hall–Kier alpha value is -2.61. The van der Waals surface area contributed by atoms with Crippen molar-refractivity contribution in [3.8, 4) is 5.75 Å². The van der Waals surface area contributed by atoms with Gasteiger partial charge in [-0.1, -0.05) is 19.8 Å². The van der Waals surface area contributed by atoms with Gasteiger partial charge in [-0.3, -0.25) is 14.4 Å². The van der Waals surface area contributed by atoms with Crippen molar-refractivity contribution in [1.29, 1.82) is 0 Å². The molecule has 0 spiro atoms. The number of likely N-dealkylation sites (N-methyl/N-ethyl adjacent to an activating group) is 1. The second-order valence-corrected chi connectivity index (χ2v) is 9.43. The number of amides is 3. The first-order valence-corrected chi connectivity index (χ1v) is 12.2. The molecule has 2 aliphatic heterocycles. The van der Waals surface area contributed by atoms with Crippen molar-refractivity contribution < 1.29 is 23.9 Å². The summed E-state index contributed by atoms with van der Waals surface area (Å²) in [6.45, 7) is 2.25. The van der Waals surface area contributed by atoms with Gasteiger partial charge in [-0.05, 0) is 50.3 Å². The fraction of sp³-hybridized carbons (Fsp3) is 0.640. The summed E-state index contributed by atoms with van der Waals surface area (Å²) in [6.07, 6.45) is 7.02. The average Bonchev–Trinajstić information content (AvgIpc) is 3.29. The Morgan fingerprint density at radius 3 is 2.67 bits per heavy atom.